The van der Waals surface area contributed by atoms with Crippen molar-refractivity contribution >= 4 is 11.3 Å². The zero-order valence-corrected chi connectivity index (χ0v) is 16.1. The average Bonchev–Trinajstić information content (AvgIpc) is 3.39. The predicted molar refractivity (Wildman–Crippen MR) is 101 cm³/mol. The van der Waals surface area contributed by atoms with Crippen molar-refractivity contribution in [2.75, 3.05) is 24.7 Å². The van der Waals surface area contributed by atoms with Crippen molar-refractivity contribution in [3.63, 3.8) is 0 Å². The molecule has 1 atom stereocenters. The van der Waals surface area contributed by atoms with E-state index in [9.17, 15) is 0 Å². The van der Waals surface area contributed by atoms with Crippen LogP contribution in [0, 0.1) is 6.92 Å². The molecule has 142 valence electrons. The van der Waals surface area contributed by atoms with Gasteiger partial charge in [0.1, 0.15) is 17.7 Å². The SMILES string of the molecule is Cc1nc(C2CCOC2)c2c(N3CCc4nn(C(C)C)cc4C3)ncnn12. The Morgan fingerprint density at radius 2 is 2.19 bits per heavy atom. The van der Waals surface area contributed by atoms with Gasteiger partial charge in [0.15, 0.2) is 5.82 Å². The fourth-order valence-electron chi connectivity index (χ4n) is 4.14. The van der Waals surface area contributed by atoms with E-state index in [4.69, 9.17) is 14.8 Å². The first kappa shape index (κ1) is 16.7. The zero-order valence-electron chi connectivity index (χ0n) is 16.1. The predicted octanol–water partition coefficient (Wildman–Crippen LogP) is 2.28. The molecule has 0 aromatic carbocycles. The number of hydrogen-bond acceptors (Lipinski definition) is 6. The molecule has 3 aromatic rings. The largest absolute Gasteiger partial charge is 0.381 e. The lowest BCUT2D eigenvalue weighted by Gasteiger charge is -2.27. The Bertz CT molecular complexity index is 984. The van der Waals surface area contributed by atoms with Crippen LogP contribution in [0.1, 0.15) is 55.0 Å². The Hall–Kier alpha value is -2.48. The Labute approximate surface area is 158 Å². The van der Waals surface area contributed by atoms with Crippen LogP contribution < -0.4 is 4.90 Å². The van der Waals surface area contributed by atoms with E-state index in [1.54, 1.807) is 6.33 Å². The minimum absolute atomic E-state index is 0.322. The molecule has 1 fully saturated rings. The lowest BCUT2D eigenvalue weighted by atomic mass is 10.0. The van der Waals surface area contributed by atoms with Crippen LogP contribution in [-0.2, 0) is 17.7 Å². The van der Waals surface area contributed by atoms with Crippen LogP contribution in [0.4, 0.5) is 5.82 Å². The van der Waals surface area contributed by atoms with Crippen molar-refractivity contribution in [2.45, 2.75) is 52.1 Å². The second-order valence-electron chi connectivity index (χ2n) is 7.80. The molecular weight excluding hydrogens is 342 g/mol. The first-order valence-corrected chi connectivity index (χ1v) is 9.71. The Morgan fingerprint density at radius 1 is 1.30 bits per heavy atom. The smallest absolute Gasteiger partial charge is 0.158 e. The Kier molecular flexibility index (Phi) is 3.89. The number of ether oxygens (including phenoxy) is 1. The number of nitrogens with zero attached hydrogens (tertiary/aromatic N) is 7. The molecule has 0 N–H and O–H groups in total. The molecule has 1 saturated heterocycles. The number of hydrogen-bond donors (Lipinski definition) is 0. The molecule has 27 heavy (non-hydrogen) atoms. The lowest BCUT2D eigenvalue weighted by molar-refractivity contribution is 0.193. The first-order chi connectivity index (χ1) is 13.1. The van der Waals surface area contributed by atoms with E-state index >= 15 is 0 Å². The molecule has 5 heterocycles. The second-order valence-corrected chi connectivity index (χ2v) is 7.80. The van der Waals surface area contributed by atoms with E-state index in [1.165, 1.54) is 11.3 Å². The van der Waals surface area contributed by atoms with E-state index in [0.717, 1.165) is 62.0 Å². The molecule has 0 spiro atoms. The highest BCUT2D eigenvalue weighted by molar-refractivity contribution is 5.73. The average molecular weight is 367 g/mol. The van der Waals surface area contributed by atoms with Crippen molar-refractivity contribution in [1.29, 1.82) is 0 Å². The van der Waals surface area contributed by atoms with Crippen molar-refractivity contribution < 1.29 is 4.74 Å². The standard InChI is InChI=1S/C19H25N7O/c1-12(2)25-9-15-8-24(6-4-16(15)23-25)19-18-17(14-5-7-27-10-14)22-13(3)26(18)21-11-20-19/h9,11-12,14H,4-8,10H2,1-3H3. The summed E-state index contributed by atoms with van der Waals surface area (Å²) in [5, 5.41) is 9.21. The monoisotopic (exact) mass is 367 g/mol. The summed E-state index contributed by atoms with van der Waals surface area (Å²) >= 11 is 0. The molecule has 0 radical (unpaired) electrons. The highest BCUT2D eigenvalue weighted by Crippen LogP contribution is 2.34. The maximum Gasteiger partial charge on any atom is 0.158 e. The van der Waals surface area contributed by atoms with Gasteiger partial charge in [-0.25, -0.2) is 14.5 Å². The van der Waals surface area contributed by atoms with Crippen molar-refractivity contribution in [3.05, 3.63) is 35.3 Å². The Morgan fingerprint density at radius 3 is 2.96 bits per heavy atom. The van der Waals surface area contributed by atoms with Gasteiger partial charge in [0, 0.05) is 49.8 Å². The van der Waals surface area contributed by atoms with Crippen LogP contribution in [0.3, 0.4) is 0 Å². The number of rotatable bonds is 3. The number of aryl methyl sites for hydroxylation is 1. The first-order valence-electron chi connectivity index (χ1n) is 9.71. The molecule has 0 aliphatic carbocycles. The molecule has 8 heteroatoms. The fraction of sp³-hybridized carbons (Fsp3) is 0.579. The van der Waals surface area contributed by atoms with Crippen LogP contribution in [0.5, 0.6) is 0 Å². The number of imidazole rings is 1. The Balaban J connectivity index is 1.56. The molecular formula is C19H25N7O. The van der Waals surface area contributed by atoms with E-state index in [0.29, 0.717) is 12.0 Å². The minimum Gasteiger partial charge on any atom is -0.381 e. The maximum atomic E-state index is 5.61. The van der Waals surface area contributed by atoms with Crippen LogP contribution >= 0.6 is 0 Å². The highest BCUT2D eigenvalue weighted by Gasteiger charge is 2.29. The number of aromatic nitrogens is 6. The van der Waals surface area contributed by atoms with E-state index in [1.807, 2.05) is 11.4 Å². The fourth-order valence-corrected chi connectivity index (χ4v) is 4.14. The van der Waals surface area contributed by atoms with Gasteiger partial charge in [-0.1, -0.05) is 0 Å². The molecule has 8 nitrogen and oxygen atoms in total. The van der Waals surface area contributed by atoms with Crippen molar-refractivity contribution in [2.24, 2.45) is 0 Å². The van der Waals surface area contributed by atoms with Gasteiger partial charge >= 0.3 is 0 Å². The summed E-state index contributed by atoms with van der Waals surface area (Å²) in [6.07, 6.45) is 5.75. The molecule has 1 unspecified atom stereocenters. The molecule has 2 aliphatic rings. The van der Waals surface area contributed by atoms with Gasteiger partial charge < -0.3 is 9.64 Å². The third-order valence-electron chi connectivity index (χ3n) is 5.62. The van der Waals surface area contributed by atoms with Crippen LogP contribution in [0.25, 0.3) is 5.52 Å². The third kappa shape index (κ3) is 2.70. The van der Waals surface area contributed by atoms with Gasteiger partial charge in [-0.2, -0.15) is 10.2 Å². The van der Waals surface area contributed by atoms with Gasteiger partial charge in [0.2, 0.25) is 0 Å². The molecule has 0 bridgehead atoms. The summed E-state index contributed by atoms with van der Waals surface area (Å²) in [4.78, 5) is 11.9. The van der Waals surface area contributed by atoms with Gasteiger partial charge in [-0.3, -0.25) is 4.68 Å². The number of fused-ring (bicyclic) bond motifs is 2. The van der Waals surface area contributed by atoms with Gasteiger partial charge in [-0.15, -0.1) is 0 Å². The van der Waals surface area contributed by atoms with E-state index < -0.39 is 0 Å². The van der Waals surface area contributed by atoms with Crippen LogP contribution in [-0.4, -0.2) is 49.1 Å². The van der Waals surface area contributed by atoms with Gasteiger partial charge in [0.25, 0.3) is 0 Å². The zero-order chi connectivity index (χ0) is 18.5. The third-order valence-corrected chi connectivity index (χ3v) is 5.62. The molecule has 5 rings (SSSR count). The lowest BCUT2D eigenvalue weighted by Crippen LogP contribution is -2.31. The number of anilines is 1. The van der Waals surface area contributed by atoms with Gasteiger partial charge in [-0.05, 0) is 27.2 Å². The summed E-state index contributed by atoms with van der Waals surface area (Å²) in [6, 6.07) is 0.376. The van der Waals surface area contributed by atoms with E-state index in [-0.39, 0.29) is 0 Å². The van der Waals surface area contributed by atoms with Gasteiger partial charge in [0.05, 0.1) is 18.0 Å². The topological polar surface area (TPSA) is 73.4 Å². The minimum atomic E-state index is 0.322. The van der Waals surface area contributed by atoms with E-state index in [2.05, 4.69) is 39.7 Å². The van der Waals surface area contributed by atoms with Crippen LogP contribution in [0.15, 0.2) is 12.5 Å². The molecule has 2 aliphatic heterocycles. The van der Waals surface area contributed by atoms with Crippen molar-refractivity contribution in [1.82, 2.24) is 29.4 Å². The summed E-state index contributed by atoms with van der Waals surface area (Å²) in [5.41, 5.74) is 4.60. The molecule has 3 aromatic heterocycles. The summed E-state index contributed by atoms with van der Waals surface area (Å²) in [7, 11) is 0. The maximum absolute atomic E-state index is 5.61. The quantitative estimate of drug-likeness (QED) is 0.707. The second kappa shape index (κ2) is 6.30. The highest BCUT2D eigenvalue weighted by atomic mass is 16.5. The molecule has 0 amide bonds. The van der Waals surface area contributed by atoms with Crippen LogP contribution in [0.2, 0.25) is 0 Å². The summed E-state index contributed by atoms with van der Waals surface area (Å²) in [5.74, 6) is 2.19. The molecule has 0 saturated carbocycles. The summed E-state index contributed by atoms with van der Waals surface area (Å²) < 4.78 is 9.61. The normalized spacial score (nSPS) is 20.0. The van der Waals surface area contributed by atoms with Crippen molar-refractivity contribution in [3.8, 4) is 0 Å². The summed E-state index contributed by atoms with van der Waals surface area (Å²) in [6.45, 7) is 9.58.